The number of carbonyl (C=O) groups is 3. The predicted octanol–water partition coefficient (Wildman–Crippen LogP) is 3.92. The van der Waals surface area contributed by atoms with Crippen LogP contribution in [0, 0.1) is 12.3 Å². The molecular weight excluding hydrogens is 458 g/mol. The van der Waals surface area contributed by atoms with Crippen LogP contribution in [0.15, 0.2) is 24.3 Å². The minimum atomic E-state index is -1.28. The summed E-state index contributed by atoms with van der Waals surface area (Å²) < 4.78 is 5.27. The second kappa shape index (κ2) is 13.9. The van der Waals surface area contributed by atoms with Crippen LogP contribution in [0.4, 0.5) is 4.79 Å². The quantitative estimate of drug-likeness (QED) is 0.315. The highest BCUT2D eigenvalue weighted by Gasteiger charge is 2.36. The van der Waals surface area contributed by atoms with Gasteiger partial charge in [0, 0.05) is 17.6 Å². The fraction of sp³-hybridized carbons (Fsp3) is 0.607. The molecule has 0 aliphatic rings. The van der Waals surface area contributed by atoms with Crippen molar-refractivity contribution in [1.29, 1.82) is 0 Å². The Labute approximate surface area is 216 Å². The summed E-state index contributed by atoms with van der Waals surface area (Å²) in [6.45, 7) is 12.4. The Morgan fingerprint density at radius 2 is 1.67 bits per heavy atom. The van der Waals surface area contributed by atoms with Crippen LogP contribution in [-0.2, 0) is 14.3 Å². The maximum atomic E-state index is 13.7. The maximum Gasteiger partial charge on any atom is 0.408 e. The summed E-state index contributed by atoms with van der Waals surface area (Å²) in [6, 6.07) is 4.62. The Balaban J connectivity index is 3.43. The van der Waals surface area contributed by atoms with Crippen molar-refractivity contribution in [2.45, 2.75) is 97.4 Å². The third kappa shape index (κ3) is 10.7. The van der Waals surface area contributed by atoms with Gasteiger partial charge in [0.25, 0.3) is 0 Å². The average molecular weight is 502 g/mol. The number of hydrogen-bond donors (Lipinski definition) is 3. The summed E-state index contributed by atoms with van der Waals surface area (Å²) in [4.78, 5) is 41.1. The van der Waals surface area contributed by atoms with Crippen LogP contribution in [0.2, 0.25) is 0 Å². The summed E-state index contributed by atoms with van der Waals surface area (Å²) in [7, 11) is 0. The Kier molecular flexibility index (Phi) is 11.9. The van der Waals surface area contributed by atoms with Gasteiger partial charge in [-0.15, -0.1) is 6.42 Å². The van der Waals surface area contributed by atoms with Crippen molar-refractivity contribution >= 4 is 17.9 Å². The van der Waals surface area contributed by atoms with Crippen molar-refractivity contribution in [1.82, 2.24) is 15.5 Å². The monoisotopic (exact) mass is 501 g/mol. The molecular formula is C28H43N3O5. The van der Waals surface area contributed by atoms with Crippen molar-refractivity contribution in [2.24, 2.45) is 0 Å². The van der Waals surface area contributed by atoms with E-state index in [1.807, 2.05) is 20.8 Å². The molecule has 2 unspecified atom stereocenters. The molecule has 1 rings (SSSR count). The molecule has 3 N–H and O–H groups in total. The number of amides is 3. The lowest BCUT2D eigenvalue weighted by atomic mass is 9.99. The van der Waals surface area contributed by atoms with Crippen LogP contribution in [0.3, 0.4) is 0 Å². The summed E-state index contributed by atoms with van der Waals surface area (Å²) >= 11 is 0. The highest BCUT2D eigenvalue weighted by atomic mass is 16.6. The van der Waals surface area contributed by atoms with Gasteiger partial charge in [0.15, 0.2) is 0 Å². The molecule has 0 aliphatic heterocycles. The molecule has 1 aromatic rings. The summed E-state index contributed by atoms with van der Waals surface area (Å²) in [5.74, 6) is 1.61. The van der Waals surface area contributed by atoms with Gasteiger partial charge in [0.1, 0.15) is 17.7 Å². The highest BCUT2D eigenvalue weighted by Crippen LogP contribution is 2.25. The smallest absolute Gasteiger partial charge is 0.408 e. The molecule has 2 atom stereocenters. The fourth-order valence-electron chi connectivity index (χ4n) is 3.58. The number of nitrogens with zero attached hydrogens (tertiary/aromatic N) is 1. The van der Waals surface area contributed by atoms with Gasteiger partial charge >= 0.3 is 6.09 Å². The van der Waals surface area contributed by atoms with E-state index >= 15 is 0 Å². The molecule has 0 fully saturated rings. The zero-order valence-electron chi connectivity index (χ0n) is 22.8. The zero-order valence-corrected chi connectivity index (χ0v) is 22.8. The van der Waals surface area contributed by atoms with Crippen LogP contribution in [-0.4, -0.2) is 58.2 Å². The summed E-state index contributed by atoms with van der Waals surface area (Å²) in [6.07, 6.45) is 8.19. The molecule has 0 radical (unpaired) electrons. The fourth-order valence-corrected chi connectivity index (χ4v) is 3.58. The number of nitrogens with one attached hydrogen (secondary N) is 2. The van der Waals surface area contributed by atoms with Gasteiger partial charge in [-0.05, 0) is 65.7 Å². The molecule has 8 nitrogen and oxygen atoms in total. The van der Waals surface area contributed by atoms with Gasteiger partial charge in [-0.2, -0.15) is 0 Å². The van der Waals surface area contributed by atoms with Crippen LogP contribution >= 0.6 is 0 Å². The lowest BCUT2D eigenvalue weighted by molar-refractivity contribution is -0.144. The number of ether oxygens (including phenoxy) is 1. The molecule has 0 saturated carbocycles. The first kappa shape index (κ1) is 31.0. The topological polar surface area (TPSA) is 108 Å². The van der Waals surface area contributed by atoms with Crippen molar-refractivity contribution in [3.05, 3.63) is 35.4 Å². The number of unbranched alkanes of at least 4 members (excludes halogenated alkanes) is 3. The van der Waals surface area contributed by atoms with E-state index in [-0.39, 0.29) is 12.5 Å². The predicted molar refractivity (Wildman–Crippen MR) is 141 cm³/mol. The maximum absolute atomic E-state index is 13.7. The summed E-state index contributed by atoms with van der Waals surface area (Å²) in [5, 5.41) is 15.4. The molecule has 3 amide bonds. The number of aliphatic hydroxyl groups excluding tert-OH is 1. The number of hydrogen-bond acceptors (Lipinski definition) is 5. The number of aliphatic hydroxyl groups is 1. The second-order valence-electron chi connectivity index (χ2n) is 10.9. The van der Waals surface area contributed by atoms with Crippen molar-refractivity contribution in [3.8, 4) is 12.3 Å². The highest BCUT2D eigenvalue weighted by molar-refractivity contribution is 5.92. The average Bonchev–Trinajstić information content (AvgIpc) is 2.76. The second-order valence-corrected chi connectivity index (χ2v) is 10.9. The van der Waals surface area contributed by atoms with E-state index in [0.29, 0.717) is 17.5 Å². The van der Waals surface area contributed by atoms with E-state index in [1.165, 1.54) is 4.90 Å². The first-order valence-corrected chi connectivity index (χ1v) is 12.5. The van der Waals surface area contributed by atoms with Gasteiger partial charge in [0.2, 0.25) is 11.8 Å². The molecule has 8 heteroatoms. The lowest BCUT2D eigenvalue weighted by Gasteiger charge is -2.35. The zero-order chi connectivity index (χ0) is 27.5. The van der Waals surface area contributed by atoms with Crippen LogP contribution in [0.5, 0.6) is 0 Å². The number of carbonyl (C=O) groups excluding carboxylic acids is 3. The third-order valence-corrected chi connectivity index (χ3v) is 5.16. The van der Waals surface area contributed by atoms with E-state index in [2.05, 4.69) is 23.5 Å². The van der Waals surface area contributed by atoms with Crippen molar-refractivity contribution in [3.63, 3.8) is 0 Å². The molecule has 0 saturated heterocycles. The van der Waals surface area contributed by atoms with Gasteiger partial charge in [0.05, 0.1) is 6.61 Å². The Morgan fingerprint density at radius 1 is 1.06 bits per heavy atom. The normalized spacial score (nSPS) is 13.2. The SMILES string of the molecule is C#Cc1ccc(C(C(=O)NC(C)(C)C)N(CCCCCC)C(=O)C(CO)NC(=O)OC(C)(C)C)cc1. The van der Waals surface area contributed by atoms with E-state index in [4.69, 9.17) is 11.2 Å². The van der Waals surface area contributed by atoms with Crippen LogP contribution < -0.4 is 10.6 Å². The molecule has 36 heavy (non-hydrogen) atoms. The Morgan fingerprint density at radius 3 is 2.14 bits per heavy atom. The molecule has 0 spiro atoms. The number of terminal acetylenes is 1. The number of rotatable bonds is 11. The van der Waals surface area contributed by atoms with Gasteiger partial charge in [-0.1, -0.05) is 44.2 Å². The van der Waals surface area contributed by atoms with Gasteiger partial charge < -0.3 is 25.4 Å². The Bertz CT molecular complexity index is 907. The van der Waals surface area contributed by atoms with Crippen molar-refractivity contribution < 1.29 is 24.2 Å². The molecule has 0 bridgehead atoms. The first-order valence-electron chi connectivity index (χ1n) is 12.5. The van der Waals surface area contributed by atoms with Gasteiger partial charge in [-0.25, -0.2) is 4.79 Å². The molecule has 0 aliphatic carbocycles. The number of alkyl carbamates (subject to hydrolysis) is 1. The van der Waals surface area contributed by atoms with Crippen LogP contribution in [0.25, 0.3) is 0 Å². The Hall–Kier alpha value is -3.05. The molecule has 0 heterocycles. The first-order chi connectivity index (χ1) is 16.7. The van der Waals surface area contributed by atoms with Crippen molar-refractivity contribution in [2.75, 3.05) is 13.2 Å². The van der Waals surface area contributed by atoms with Crippen LogP contribution in [0.1, 0.15) is 91.3 Å². The number of benzene rings is 1. The van der Waals surface area contributed by atoms with E-state index < -0.39 is 41.8 Å². The lowest BCUT2D eigenvalue weighted by Crippen LogP contribution is -2.55. The molecule has 0 aromatic heterocycles. The van der Waals surface area contributed by atoms with E-state index in [9.17, 15) is 19.5 Å². The minimum Gasteiger partial charge on any atom is -0.444 e. The van der Waals surface area contributed by atoms with Gasteiger partial charge in [-0.3, -0.25) is 9.59 Å². The minimum absolute atomic E-state index is 0.268. The third-order valence-electron chi connectivity index (χ3n) is 5.16. The molecule has 1 aromatic carbocycles. The largest absolute Gasteiger partial charge is 0.444 e. The summed E-state index contributed by atoms with van der Waals surface area (Å²) in [5.41, 5.74) is -0.0974. The van der Waals surface area contributed by atoms with E-state index in [1.54, 1.807) is 45.0 Å². The van der Waals surface area contributed by atoms with E-state index in [0.717, 1.165) is 19.3 Å². The molecule has 200 valence electrons. The standard InChI is InChI=1S/C28H43N3O5/c1-9-11-12-13-18-31(25(34)22(19-32)29-26(35)36-28(6,7)8)23(24(33)30-27(3,4)5)21-16-14-20(10-2)15-17-21/h2,14-17,22-23,32H,9,11-13,18-19H2,1,3-8H3,(H,29,35)(H,30,33).